The fourth-order valence-corrected chi connectivity index (χ4v) is 1.30. The number of hydrogen-bond acceptors (Lipinski definition) is 5. The number of aliphatic hydroxyl groups is 1. The topological polar surface area (TPSA) is 104 Å². The van der Waals surface area contributed by atoms with Crippen LogP contribution in [-0.4, -0.2) is 59.5 Å². The van der Waals surface area contributed by atoms with Crippen molar-refractivity contribution in [3.8, 4) is 0 Å². The number of amides is 1. The second-order valence-electron chi connectivity index (χ2n) is 3.50. The van der Waals surface area contributed by atoms with Gasteiger partial charge in [0.25, 0.3) is 5.91 Å². The lowest BCUT2D eigenvalue weighted by Crippen LogP contribution is -2.36. The van der Waals surface area contributed by atoms with E-state index in [4.69, 9.17) is 10.5 Å². The number of nitrogens with one attached hydrogen (secondary N) is 1. The fourth-order valence-electron chi connectivity index (χ4n) is 1.30. The Labute approximate surface area is 93.2 Å². The van der Waals surface area contributed by atoms with Gasteiger partial charge in [0.15, 0.2) is 0 Å². The van der Waals surface area contributed by atoms with E-state index in [2.05, 4.69) is 10.2 Å². The van der Waals surface area contributed by atoms with Gasteiger partial charge in [0.1, 0.15) is 11.5 Å². The molecule has 1 aromatic heterocycles. The van der Waals surface area contributed by atoms with Crippen LogP contribution in [0.5, 0.6) is 0 Å². The highest BCUT2D eigenvalue weighted by Crippen LogP contribution is 2.04. The minimum Gasteiger partial charge on any atom is -0.389 e. The van der Waals surface area contributed by atoms with Crippen molar-refractivity contribution in [2.45, 2.75) is 6.10 Å². The molecule has 0 aromatic carbocycles. The van der Waals surface area contributed by atoms with Crippen molar-refractivity contribution in [3.05, 3.63) is 11.8 Å². The first-order valence-electron chi connectivity index (χ1n) is 4.78. The van der Waals surface area contributed by atoms with Crippen molar-refractivity contribution >= 4 is 11.7 Å². The minimum absolute atomic E-state index is 0.183. The molecule has 1 atom stereocenters. The average Bonchev–Trinajstić information content (AvgIpc) is 2.64. The van der Waals surface area contributed by atoms with Gasteiger partial charge >= 0.3 is 0 Å². The van der Waals surface area contributed by atoms with E-state index in [-0.39, 0.29) is 24.9 Å². The number of nitrogens with two attached hydrogens (primary N) is 1. The lowest BCUT2D eigenvalue weighted by Gasteiger charge is -2.19. The maximum atomic E-state index is 11.7. The number of aromatic nitrogens is 2. The van der Waals surface area contributed by atoms with Crippen molar-refractivity contribution in [2.24, 2.45) is 0 Å². The molecule has 0 saturated heterocycles. The first-order valence-corrected chi connectivity index (χ1v) is 4.78. The van der Waals surface area contributed by atoms with Gasteiger partial charge in [0, 0.05) is 26.8 Å². The molecule has 1 rings (SSSR count). The Bertz CT molecular complexity index is 352. The predicted molar refractivity (Wildman–Crippen MR) is 57.8 cm³/mol. The van der Waals surface area contributed by atoms with Gasteiger partial charge < -0.3 is 20.5 Å². The summed E-state index contributed by atoms with van der Waals surface area (Å²) in [6.07, 6.45) is -0.709. The highest BCUT2D eigenvalue weighted by Gasteiger charge is 2.17. The largest absolute Gasteiger partial charge is 0.389 e. The zero-order valence-corrected chi connectivity index (χ0v) is 9.30. The van der Waals surface area contributed by atoms with Gasteiger partial charge in [-0.1, -0.05) is 0 Å². The van der Waals surface area contributed by atoms with E-state index < -0.39 is 6.10 Å². The molecule has 0 saturated carbocycles. The van der Waals surface area contributed by atoms with E-state index in [1.165, 1.54) is 18.1 Å². The van der Waals surface area contributed by atoms with Crippen LogP contribution in [0.2, 0.25) is 0 Å². The van der Waals surface area contributed by atoms with Crippen LogP contribution in [0.1, 0.15) is 10.5 Å². The maximum absolute atomic E-state index is 11.7. The van der Waals surface area contributed by atoms with E-state index in [1.807, 2.05) is 0 Å². The molecule has 0 aliphatic heterocycles. The molecule has 4 N–H and O–H groups in total. The Hall–Kier alpha value is -1.60. The SMILES string of the molecule is COCC(O)CN(C)C(=O)c1cc(N)n[nH]1. The van der Waals surface area contributed by atoms with Crippen LogP contribution in [-0.2, 0) is 4.74 Å². The third-order valence-electron chi connectivity index (χ3n) is 2.02. The van der Waals surface area contributed by atoms with Crippen LogP contribution in [0.15, 0.2) is 6.07 Å². The van der Waals surface area contributed by atoms with E-state index in [1.54, 1.807) is 7.05 Å². The average molecular weight is 228 g/mol. The molecule has 1 heterocycles. The highest BCUT2D eigenvalue weighted by molar-refractivity contribution is 5.92. The number of carbonyl (C=O) groups excluding carboxylic acids is 1. The maximum Gasteiger partial charge on any atom is 0.271 e. The van der Waals surface area contributed by atoms with E-state index >= 15 is 0 Å². The number of nitrogen functional groups attached to an aromatic ring is 1. The number of hydrogen-bond donors (Lipinski definition) is 3. The summed E-state index contributed by atoms with van der Waals surface area (Å²) in [7, 11) is 3.07. The lowest BCUT2D eigenvalue weighted by atomic mass is 10.3. The smallest absolute Gasteiger partial charge is 0.271 e. The quantitative estimate of drug-likeness (QED) is 0.604. The number of anilines is 1. The summed E-state index contributed by atoms with van der Waals surface area (Å²) in [5, 5.41) is 15.6. The van der Waals surface area contributed by atoms with Crippen molar-refractivity contribution in [1.82, 2.24) is 15.1 Å². The zero-order valence-electron chi connectivity index (χ0n) is 9.30. The summed E-state index contributed by atoms with van der Waals surface area (Å²) in [5.74, 6) is -0.0199. The summed E-state index contributed by atoms with van der Waals surface area (Å²) < 4.78 is 4.77. The Kier molecular flexibility index (Phi) is 4.27. The molecule has 0 radical (unpaired) electrons. The molecule has 16 heavy (non-hydrogen) atoms. The molecule has 90 valence electrons. The fraction of sp³-hybridized carbons (Fsp3) is 0.556. The third kappa shape index (κ3) is 3.21. The second-order valence-corrected chi connectivity index (χ2v) is 3.50. The van der Waals surface area contributed by atoms with Gasteiger partial charge in [0.2, 0.25) is 0 Å². The summed E-state index contributed by atoms with van der Waals surface area (Å²) >= 11 is 0. The van der Waals surface area contributed by atoms with Crippen LogP contribution in [0.25, 0.3) is 0 Å². The summed E-state index contributed by atoms with van der Waals surface area (Å²) in [6, 6.07) is 1.45. The summed E-state index contributed by atoms with van der Waals surface area (Å²) in [6.45, 7) is 0.369. The molecule has 0 bridgehead atoms. The number of nitrogens with zero attached hydrogens (tertiary/aromatic N) is 2. The summed E-state index contributed by atoms with van der Waals surface area (Å²) in [5.41, 5.74) is 5.68. The second kappa shape index (κ2) is 5.47. The van der Waals surface area contributed by atoms with Gasteiger partial charge in [-0.25, -0.2) is 0 Å². The Morgan fingerprint density at radius 2 is 2.50 bits per heavy atom. The van der Waals surface area contributed by atoms with Gasteiger partial charge in [-0.05, 0) is 0 Å². The Balaban J connectivity index is 2.54. The van der Waals surface area contributed by atoms with Crippen LogP contribution in [0.4, 0.5) is 5.82 Å². The van der Waals surface area contributed by atoms with Gasteiger partial charge in [-0.3, -0.25) is 9.89 Å². The number of carbonyl (C=O) groups is 1. The molecule has 0 aliphatic carbocycles. The van der Waals surface area contributed by atoms with Crippen LogP contribution >= 0.6 is 0 Å². The molecular formula is C9H16N4O3. The number of rotatable bonds is 5. The van der Waals surface area contributed by atoms with Crippen molar-refractivity contribution in [2.75, 3.05) is 33.0 Å². The molecule has 1 amide bonds. The number of likely N-dealkylation sites (N-methyl/N-ethyl adjacent to an activating group) is 1. The monoisotopic (exact) mass is 228 g/mol. The number of H-pyrrole nitrogens is 1. The third-order valence-corrected chi connectivity index (χ3v) is 2.02. The highest BCUT2D eigenvalue weighted by atomic mass is 16.5. The molecule has 0 aliphatic rings. The van der Waals surface area contributed by atoms with E-state index in [9.17, 15) is 9.90 Å². The minimum atomic E-state index is -0.709. The summed E-state index contributed by atoms with van der Waals surface area (Å²) in [4.78, 5) is 13.1. The number of ether oxygens (including phenoxy) is 1. The molecule has 1 unspecified atom stereocenters. The van der Waals surface area contributed by atoms with Crippen LogP contribution in [0, 0.1) is 0 Å². The normalized spacial score (nSPS) is 12.4. The molecule has 7 heteroatoms. The molecular weight excluding hydrogens is 212 g/mol. The van der Waals surface area contributed by atoms with Gasteiger partial charge in [-0.15, -0.1) is 0 Å². The Morgan fingerprint density at radius 3 is 3.00 bits per heavy atom. The molecule has 1 aromatic rings. The number of methoxy groups -OCH3 is 1. The first-order chi connectivity index (χ1) is 7.54. The number of aliphatic hydroxyl groups excluding tert-OH is 1. The zero-order chi connectivity index (χ0) is 12.1. The first kappa shape index (κ1) is 12.5. The molecule has 0 fully saturated rings. The van der Waals surface area contributed by atoms with E-state index in [0.717, 1.165) is 0 Å². The standard InChI is InChI=1S/C9H16N4O3/c1-13(4-6(14)5-16-2)9(15)7-3-8(10)12-11-7/h3,6,14H,4-5H2,1-2H3,(H3,10,11,12). The van der Waals surface area contributed by atoms with Crippen LogP contribution in [0.3, 0.4) is 0 Å². The van der Waals surface area contributed by atoms with Gasteiger partial charge in [0.05, 0.1) is 12.7 Å². The van der Waals surface area contributed by atoms with Gasteiger partial charge in [-0.2, -0.15) is 5.10 Å². The molecule has 0 spiro atoms. The van der Waals surface area contributed by atoms with Crippen molar-refractivity contribution in [3.63, 3.8) is 0 Å². The van der Waals surface area contributed by atoms with E-state index in [0.29, 0.717) is 5.69 Å². The lowest BCUT2D eigenvalue weighted by molar-refractivity contribution is 0.0378. The predicted octanol–water partition coefficient (Wildman–Crippen LogP) is -0.929. The van der Waals surface area contributed by atoms with Crippen LogP contribution < -0.4 is 5.73 Å². The van der Waals surface area contributed by atoms with Crippen molar-refractivity contribution in [1.29, 1.82) is 0 Å². The number of aromatic amines is 1. The molecule has 7 nitrogen and oxygen atoms in total. The Morgan fingerprint density at radius 1 is 1.81 bits per heavy atom. The van der Waals surface area contributed by atoms with Crippen molar-refractivity contribution < 1.29 is 14.6 Å².